The fourth-order valence-corrected chi connectivity index (χ4v) is 3.08. The van der Waals surface area contributed by atoms with Crippen LogP contribution in [0.4, 0.5) is 5.69 Å². The third-order valence-electron chi connectivity index (χ3n) is 4.18. The molecule has 0 radical (unpaired) electrons. The van der Waals surface area contributed by atoms with Crippen LogP contribution in [0.25, 0.3) is 22.0 Å². The van der Waals surface area contributed by atoms with Gasteiger partial charge in [0, 0.05) is 9.86 Å². The van der Waals surface area contributed by atoms with Crippen LogP contribution in [0.1, 0.15) is 19.4 Å². The van der Waals surface area contributed by atoms with Gasteiger partial charge in [0.05, 0.1) is 27.5 Å². The van der Waals surface area contributed by atoms with Gasteiger partial charge >= 0.3 is 0 Å². The van der Waals surface area contributed by atoms with Crippen molar-refractivity contribution in [2.24, 2.45) is 0 Å². The zero-order valence-electron chi connectivity index (χ0n) is 13.7. The number of hydrogen-bond donors (Lipinski definition) is 0. The maximum Gasteiger partial charge on any atom is 0.295 e. The van der Waals surface area contributed by atoms with E-state index in [9.17, 15) is 15.4 Å². The minimum atomic E-state index is -0.617. The van der Waals surface area contributed by atoms with E-state index in [-0.39, 0.29) is 5.69 Å². The Hall–Kier alpha value is -2.78. The second-order valence-electron chi connectivity index (χ2n) is 6.25. The number of pyridine rings is 1. The molecular formula is C19H14BrN3O2. The Morgan fingerprint density at radius 2 is 1.88 bits per heavy atom. The van der Waals surface area contributed by atoms with Crippen LogP contribution in [0.3, 0.4) is 0 Å². The molecule has 0 aliphatic carbocycles. The highest BCUT2D eigenvalue weighted by Gasteiger charge is 2.22. The van der Waals surface area contributed by atoms with E-state index in [0.29, 0.717) is 16.5 Å². The van der Waals surface area contributed by atoms with Crippen LogP contribution in [0.15, 0.2) is 53.1 Å². The Morgan fingerprint density at radius 1 is 1.20 bits per heavy atom. The van der Waals surface area contributed by atoms with Crippen molar-refractivity contribution < 1.29 is 4.92 Å². The van der Waals surface area contributed by atoms with Crippen LogP contribution in [-0.2, 0) is 5.41 Å². The lowest BCUT2D eigenvalue weighted by Crippen LogP contribution is -2.13. The average Bonchev–Trinajstić information content (AvgIpc) is 2.60. The summed E-state index contributed by atoms with van der Waals surface area (Å²) in [6.45, 7) is 3.67. The fourth-order valence-electron chi connectivity index (χ4n) is 2.71. The largest absolute Gasteiger partial charge is 0.295 e. The molecule has 0 atom stereocenters. The van der Waals surface area contributed by atoms with E-state index in [1.807, 2.05) is 56.3 Å². The molecular weight excluding hydrogens is 382 g/mol. The zero-order valence-corrected chi connectivity index (χ0v) is 15.2. The molecule has 6 heteroatoms. The van der Waals surface area contributed by atoms with Crippen LogP contribution >= 0.6 is 15.9 Å². The summed E-state index contributed by atoms with van der Waals surface area (Å²) in [5.74, 6) is 0. The molecule has 0 fully saturated rings. The summed E-state index contributed by atoms with van der Waals surface area (Å²) in [5.41, 5.74) is 2.13. The van der Waals surface area contributed by atoms with Crippen molar-refractivity contribution in [1.29, 1.82) is 5.26 Å². The minimum absolute atomic E-state index is 0.0436. The first-order chi connectivity index (χ1) is 11.8. The smallest absolute Gasteiger partial charge is 0.258 e. The van der Waals surface area contributed by atoms with Crippen LogP contribution in [0.5, 0.6) is 0 Å². The summed E-state index contributed by atoms with van der Waals surface area (Å²) in [4.78, 5) is 15.3. The Balaban J connectivity index is 2.27. The molecule has 0 saturated heterocycles. The van der Waals surface area contributed by atoms with Gasteiger partial charge in [0.25, 0.3) is 5.69 Å². The lowest BCUT2D eigenvalue weighted by molar-refractivity contribution is -0.384. The number of hydrogen-bond acceptors (Lipinski definition) is 4. The fraction of sp³-hybridized carbons (Fsp3) is 0.158. The molecule has 124 valence electrons. The van der Waals surface area contributed by atoms with Gasteiger partial charge in [-0.05, 0) is 43.2 Å². The maximum absolute atomic E-state index is 11.5. The van der Waals surface area contributed by atoms with Gasteiger partial charge < -0.3 is 0 Å². The van der Waals surface area contributed by atoms with E-state index < -0.39 is 10.3 Å². The van der Waals surface area contributed by atoms with Crippen molar-refractivity contribution in [3.8, 4) is 17.2 Å². The summed E-state index contributed by atoms with van der Waals surface area (Å²) in [7, 11) is 0. The highest BCUT2D eigenvalue weighted by molar-refractivity contribution is 9.10. The number of aromatic nitrogens is 1. The molecule has 0 bridgehead atoms. The molecule has 0 spiro atoms. The molecule has 0 N–H and O–H groups in total. The van der Waals surface area contributed by atoms with E-state index in [0.717, 1.165) is 15.6 Å². The first kappa shape index (κ1) is 17.1. The maximum atomic E-state index is 11.5. The monoisotopic (exact) mass is 395 g/mol. The van der Waals surface area contributed by atoms with E-state index in [4.69, 9.17) is 0 Å². The molecule has 3 aromatic rings. The Labute approximate surface area is 153 Å². The Bertz CT molecular complexity index is 1020. The van der Waals surface area contributed by atoms with E-state index in [1.54, 1.807) is 0 Å². The normalized spacial score (nSPS) is 11.3. The van der Waals surface area contributed by atoms with Crippen molar-refractivity contribution in [2.45, 2.75) is 19.3 Å². The summed E-state index contributed by atoms with van der Waals surface area (Å²) in [6.07, 6.45) is 1.29. The Kier molecular flexibility index (Phi) is 4.27. The average molecular weight is 396 g/mol. The van der Waals surface area contributed by atoms with Gasteiger partial charge in [-0.3, -0.25) is 10.1 Å². The SMILES string of the molecule is CC(C)(C#N)c1ccc(-c2c([N+](=O)[O-])cnc3ccc(Br)cc23)cc1. The molecule has 0 saturated carbocycles. The number of halogens is 1. The Morgan fingerprint density at radius 3 is 2.48 bits per heavy atom. The summed E-state index contributed by atoms with van der Waals surface area (Å²) >= 11 is 3.41. The third kappa shape index (κ3) is 3.11. The number of nitriles is 1. The molecule has 3 rings (SSSR count). The van der Waals surface area contributed by atoms with Gasteiger partial charge in [-0.15, -0.1) is 0 Å². The summed E-state index contributed by atoms with van der Waals surface area (Å²) in [6, 6.07) is 15.1. The highest BCUT2D eigenvalue weighted by Crippen LogP contribution is 2.37. The van der Waals surface area contributed by atoms with Crippen molar-refractivity contribution in [1.82, 2.24) is 4.98 Å². The number of rotatable bonds is 3. The molecule has 2 aromatic carbocycles. The molecule has 0 aliphatic heterocycles. The molecule has 0 aliphatic rings. The van der Waals surface area contributed by atoms with E-state index in [1.165, 1.54) is 6.20 Å². The number of benzene rings is 2. The molecule has 25 heavy (non-hydrogen) atoms. The number of nitrogens with zero attached hydrogens (tertiary/aromatic N) is 3. The van der Waals surface area contributed by atoms with Crippen molar-refractivity contribution in [3.05, 3.63) is 68.8 Å². The van der Waals surface area contributed by atoms with Crippen molar-refractivity contribution >= 4 is 32.5 Å². The predicted molar refractivity (Wildman–Crippen MR) is 100 cm³/mol. The van der Waals surface area contributed by atoms with Gasteiger partial charge in [0.15, 0.2) is 0 Å². The van der Waals surface area contributed by atoms with Gasteiger partial charge in [0.2, 0.25) is 0 Å². The summed E-state index contributed by atoms with van der Waals surface area (Å²) < 4.78 is 0.825. The molecule has 1 aromatic heterocycles. The first-order valence-corrected chi connectivity index (χ1v) is 8.37. The van der Waals surface area contributed by atoms with Crippen LogP contribution < -0.4 is 0 Å². The topological polar surface area (TPSA) is 79.8 Å². The standard InChI is InChI=1S/C19H14BrN3O2/c1-19(2,11-21)13-5-3-12(4-6-13)18-15-9-14(20)7-8-16(15)22-10-17(18)23(24)25/h3-10H,1-2H3. The lowest BCUT2D eigenvalue weighted by Gasteiger charge is -2.16. The summed E-state index contributed by atoms with van der Waals surface area (Å²) in [5, 5.41) is 21.5. The van der Waals surface area contributed by atoms with Gasteiger partial charge in [-0.2, -0.15) is 5.26 Å². The first-order valence-electron chi connectivity index (χ1n) is 7.58. The van der Waals surface area contributed by atoms with Crippen molar-refractivity contribution in [2.75, 3.05) is 0 Å². The van der Waals surface area contributed by atoms with Gasteiger partial charge in [0.1, 0.15) is 6.20 Å². The van der Waals surface area contributed by atoms with Crippen LogP contribution in [0.2, 0.25) is 0 Å². The quantitative estimate of drug-likeness (QED) is 0.440. The van der Waals surface area contributed by atoms with Crippen molar-refractivity contribution in [3.63, 3.8) is 0 Å². The molecule has 0 unspecified atom stereocenters. The minimum Gasteiger partial charge on any atom is -0.258 e. The highest BCUT2D eigenvalue weighted by atomic mass is 79.9. The van der Waals surface area contributed by atoms with E-state index >= 15 is 0 Å². The molecule has 1 heterocycles. The zero-order chi connectivity index (χ0) is 18.2. The number of nitro groups is 1. The lowest BCUT2D eigenvalue weighted by atomic mass is 9.85. The molecule has 0 amide bonds. The second-order valence-corrected chi connectivity index (χ2v) is 7.17. The van der Waals surface area contributed by atoms with E-state index in [2.05, 4.69) is 27.0 Å². The predicted octanol–water partition coefficient (Wildman–Crippen LogP) is 5.37. The molecule has 5 nitrogen and oxygen atoms in total. The third-order valence-corrected chi connectivity index (χ3v) is 4.67. The second kappa shape index (κ2) is 6.26. The van der Waals surface area contributed by atoms with Crippen LogP contribution in [-0.4, -0.2) is 9.91 Å². The van der Waals surface area contributed by atoms with Gasteiger partial charge in [-0.1, -0.05) is 40.2 Å². The number of fused-ring (bicyclic) bond motifs is 1. The van der Waals surface area contributed by atoms with Gasteiger partial charge in [-0.25, -0.2) is 4.98 Å². The van der Waals surface area contributed by atoms with Crippen LogP contribution in [0, 0.1) is 21.4 Å².